The average molecular weight is 254 g/mol. The van der Waals surface area contributed by atoms with Gasteiger partial charge in [0, 0.05) is 0 Å². The van der Waals surface area contributed by atoms with Crippen LogP contribution in [0.5, 0.6) is 0 Å². The van der Waals surface area contributed by atoms with Gasteiger partial charge in [0.05, 0.1) is 0 Å². The molecule has 0 amide bonds. The van der Waals surface area contributed by atoms with Crippen LogP contribution in [0.3, 0.4) is 0 Å². The van der Waals surface area contributed by atoms with Crippen molar-refractivity contribution < 1.29 is 0 Å². The lowest BCUT2D eigenvalue weighted by molar-refractivity contribution is 1.10. The smallest absolute Gasteiger partial charge is 0.000710 e. The van der Waals surface area contributed by atoms with Crippen molar-refractivity contribution in [3.63, 3.8) is 0 Å². The molecule has 0 aromatic heterocycles. The summed E-state index contributed by atoms with van der Waals surface area (Å²) in [7, 11) is 2.96. The van der Waals surface area contributed by atoms with Crippen LogP contribution in [0.1, 0.15) is 34.7 Å². The number of benzene rings is 2. The molecule has 2 aromatic rings. The maximum Gasteiger partial charge on any atom is -0.000710 e. The highest BCUT2D eigenvalue weighted by Crippen LogP contribution is 2.41. The number of rotatable bonds is 1. The van der Waals surface area contributed by atoms with Crippen molar-refractivity contribution >= 4 is 14.5 Å². The van der Waals surface area contributed by atoms with Crippen LogP contribution in [0, 0.1) is 13.8 Å². The van der Waals surface area contributed by atoms with E-state index in [1.54, 1.807) is 5.56 Å². The van der Waals surface area contributed by atoms with E-state index in [4.69, 9.17) is 0 Å². The molecule has 0 bridgehead atoms. The van der Waals surface area contributed by atoms with Crippen LogP contribution < -0.4 is 5.30 Å². The maximum absolute atomic E-state index is 2.96. The number of hydrogen-bond acceptors (Lipinski definition) is 0. The Hall–Kier alpha value is -1.13. The van der Waals surface area contributed by atoms with Gasteiger partial charge in [0.15, 0.2) is 0 Å². The molecule has 2 aromatic carbocycles. The van der Waals surface area contributed by atoms with Crippen molar-refractivity contribution in [2.75, 3.05) is 0 Å². The van der Waals surface area contributed by atoms with Gasteiger partial charge < -0.3 is 0 Å². The molecule has 1 aliphatic rings. The molecule has 1 unspecified atom stereocenters. The van der Waals surface area contributed by atoms with Gasteiger partial charge in [0.1, 0.15) is 0 Å². The second kappa shape index (κ2) is 4.21. The normalized spacial score (nSPS) is 12.4. The van der Waals surface area contributed by atoms with Crippen LogP contribution in [0.15, 0.2) is 24.3 Å². The van der Waals surface area contributed by atoms with Gasteiger partial charge in [-0.3, -0.25) is 0 Å². The van der Waals surface area contributed by atoms with Gasteiger partial charge in [0.25, 0.3) is 0 Å². The fourth-order valence-corrected chi connectivity index (χ4v) is 3.68. The van der Waals surface area contributed by atoms with Gasteiger partial charge in [-0.05, 0) is 70.9 Å². The highest BCUT2D eigenvalue weighted by atomic mass is 31.0. The van der Waals surface area contributed by atoms with E-state index in [-0.39, 0.29) is 0 Å². The predicted molar refractivity (Wildman–Crippen MR) is 82.9 cm³/mol. The van der Waals surface area contributed by atoms with Crippen molar-refractivity contribution in [2.45, 2.75) is 33.6 Å². The third-order valence-corrected chi connectivity index (χ3v) is 5.14. The topological polar surface area (TPSA) is 0 Å². The Balaban J connectivity index is 2.41. The third kappa shape index (κ3) is 1.49. The molecule has 18 heavy (non-hydrogen) atoms. The summed E-state index contributed by atoms with van der Waals surface area (Å²) in [6.45, 7) is 6.79. The average Bonchev–Trinajstić information content (AvgIpc) is 2.77. The Kier molecular flexibility index (Phi) is 2.79. The minimum atomic E-state index is 1.10. The van der Waals surface area contributed by atoms with Gasteiger partial charge in [-0.15, -0.1) is 9.24 Å². The van der Waals surface area contributed by atoms with Gasteiger partial charge in [-0.1, -0.05) is 31.2 Å². The zero-order valence-corrected chi connectivity index (χ0v) is 12.5. The minimum Gasteiger partial charge on any atom is -0.105 e. The largest absolute Gasteiger partial charge is 0.105 e. The first kappa shape index (κ1) is 11.9. The van der Waals surface area contributed by atoms with E-state index in [2.05, 4.69) is 54.3 Å². The van der Waals surface area contributed by atoms with E-state index >= 15 is 0 Å². The van der Waals surface area contributed by atoms with Crippen molar-refractivity contribution in [1.82, 2.24) is 0 Å². The van der Waals surface area contributed by atoms with Crippen molar-refractivity contribution in [3.05, 3.63) is 52.1 Å². The summed E-state index contributed by atoms with van der Waals surface area (Å²) in [5.41, 5.74) is 10.4. The molecule has 0 nitrogen and oxygen atoms in total. The molecule has 0 heterocycles. The minimum absolute atomic E-state index is 1.10. The quantitative estimate of drug-likeness (QED) is 0.577. The Labute approximate surface area is 112 Å². The number of fused-ring (bicyclic) bond motifs is 3. The van der Waals surface area contributed by atoms with Crippen LogP contribution in [0.4, 0.5) is 0 Å². The second-order valence-corrected chi connectivity index (χ2v) is 5.76. The lowest BCUT2D eigenvalue weighted by Crippen LogP contribution is -2.10. The highest BCUT2D eigenvalue weighted by molar-refractivity contribution is 7.27. The molecule has 0 N–H and O–H groups in total. The molecule has 92 valence electrons. The maximum atomic E-state index is 2.96. The van der Waals surface area contributed by atoms with E-state index in [0.29, 0.717) is 0 Å². The van der Waals surface area contributed by atoms with Crippen molar-refractivity contribution in [3.8, 4) is 11.1 Å². The Morgan fingerprint density at radius 2 is 1.83 bits per heavy atom. The van der Waals surface area contributed by atoms with E-state index in [9.17, 15) is 0 Å². The monoisotopic (exact) mass is 254 g/mol. The van der Waals surface area contributed by atoms with Crippen LogP contribution in [0.25, 0.3) is 11.1 Å². The molecule has 0 saturated carbocycles. The van der Waals surface area contributed by atoms with Crippen LogP contribution in [-0.2, 0) is 12.8 Å². The zero-order valence-electron chi connectivity index (χ0n) is 11.3. The molecule has 0 radical (unpaired) electrons. The van der Waals surface area contributed by atoms with Crippen LogP contribution in [-0.4, -0.2) is 0 Å². The molecular formula is C17H19P. The van der Waals surface area contributed by atoms with Gasteiger partial charge in [-0.25, -0.2) is 0 Å². The molecule has 0 aliphatic heterocycles. The SMILES string of the molecule is CCc1c(C)c(C)c(P)c2c1-c1ccccc1C2. The van der Waals surface area contributed by atoms with E-state index in [1.807, 2.05) is 0 Å². The summed E-state index contributed by atoms with van der Waals surface area (Å²) < 4.78 is 0. The molecule has 0 spiro atoms. The molecule has 1 aliphatic carbocycles. The second-order valence-electron chi connectivity index (χ2n) is 5.18. The van der Waals surface area contributed by atoms with Crippen molar-refractivity contribution in [1.29, 1.82) is 0 Å². The summed E-state index contributed by atoms with van der Waals surface area (Å²) in [4.78, 5) is 0. The standard InChI is InChI=1S/C17H19P/c1-4-13-10(2)11(3)17(18)15-9-12-7-5-6-8-14(12)16(13)15/h5-8H,4,9,18H2,1-3H3. The molecule has 0 saturated heterocycles. The fourth-order valence-electron chi connectivity index (χ4n) is 3.22. The summed E-state index contributed by atoms with van der Waals surface area (Å²) in [6, 6.07) is 8.85. The van der Waals surface area contributed by atoms with Crippen LogP contribution in [0.2, 0.25) is 0 Å². The summed E-state index contributed by atoms with van der Waals surface area (Å²) >= 11 is 0. The van der Waals surface area contributed by atoms with Gasteiger partial charge >= 0.3 is 0 Å². The Morgan fingerprint density at radius 3 is 2.56 bits per heavy atom. The predicted octanol–water partition coefficient (Wildman–Crippen LogP) is 3.94. The molecule has 3 rings (SSSR count). The first-order valence-electron chi connectivity index (χ1n) is 6.63. The molecule has 1 atom stereocenters. The summed E-state index contributed by atoms with van der Waals surface area (Å²) in [6.07, 6.45) is 2.22. The third-order valence-electron chi connectivity index (χ3n) is 4.36. The number of hydrogen-bond donors (Lipinski definition) is 0. The zero-order chi connectivity index (χ0) is 12.9. The van der Waals surface area contributed by atoms with E-state index in [1.165, 1.54) is 38.7 Å². The Bertz CT molecular complexity index is 639. The van der Waals surface area contributed by atoms with Crippen LogP contribution >= 0.6 is 9.24 Å². The Morgan fingerprint density at radius 1 is 1.11 bits per heavy atom. The van der Waals surface area contributed by atoms with Gasteiger partial charge in [-0.2, -0.15) is 0 Å². The molecular weight excluding hydrogens is 235 g/mol. The fraction of sp³-hybridized carbons (Fsp3) is 0.294. The molecule has 0 fully saturated rings. The summed E-state index contributed by atoms with van der Waals surface area (Å²) in [5, 5.41) is 1.41. The highest BCUT2D eigenvalue weighted by Gasteiger charge is 2.24. The lowest BCUT2D eigenvalue weighted by atomic mass is 9.90. The molecule has 1 heteroatoms. The van der Waals surface area contributed by atoms with Crippen molar-refractivity contribution in [2.24, 2.45) is 0 Å². The van der Waals surface area contributed by atoms with Gasteiger partial charge in [0.2, 0.25) is 0 Å². The summed E-state index contributed by atoms with van der Waals surface area (Å²) in [5.74, 6) is 0. The van der Waals surface area contributed by atoms with E-state index < -0.39 is 0 Å². The van der Waals surface area contributed by atoms with E-state index in [0.717, 1.165) is 12.8 Å². The lowest BCUT2D eigenvalue weighted by Gasteiger charge is -2.17. The first-order chi connectivity index (χ1) is 8.65. The first-order valence-corrected chi connectivity index (χ1v) is 7.21.